The quantitative estimate of drug-likeness (QED) is 0.837. The summed E-state index contributed by atoms with van der Waals surface area (Å²) in [5.41, 5.74) is 2.66. The number of hydrogen-bond acceptors (Lipinski definition) is 3. The van der Waals surface area contributed by atoms with Gasteiger partial charge in [0.25, 0.3) is 5.91 Å². The average Bonchev–Trinajstić information content (AvgIpc) is 3.43. The smallest absolute Gasteiger partial charge is 0.254 e. The van der Waals surface area contributed by atoms with Crippen molar-refractivity contribution < 1.29 is 9.53 Å². The van der Waals surface area contributed by atoms with Crippen molar-refractivity contribution in [1.29, 1.82) is 0 Å². The predicted octanol–water partition coefficient (Wildman–Crippen LogP) is 3.38. The summed E-state index contributed by atoms with van der Waals surface area (Å²) in [5, 5.41) is 0. The fourth-order valence-electron chi connectivity index (χ4n) is 3.81. The van der Waals surface area contributed by atoms with Gasteiger partial charge in [-0.25, -0.2) is 4.98 Å². The third kappa shape index (κ3) is 3.43. The van der Waals surface area contributed by atoms with E-state index in [-0.39, 0.29) is 18.1 Å². The minimum Gasteiger partial charge on any atom is -0.371 e. The molecule has 1 saturated heterocycles. The van der Waals surface area contributed by atoms with Crippen LogP contribution in [0.4, 0.5) is 0 Å². The Balaban J connectivity index is 1.53. The maximum Gasteiger partial charge on any atom is 0.254 e. The summed E-state index contributed by atoms with van der Waals surface area (Å²) < 4.78 is 8.27. The first-order chi connectivity index (χ1) is 12.2. The van der Waals surface area contributed by atoms with Crippen LogP contribution in [0.5, 0.6) is 0 Å². The molecule has 1 saturated carbocycles. The normalized spacial score (nSPS) is 24.0. The van der Waals surface area contributed by atoms with Crippen LogP contribution in [0.25, 0.3) is 11.0 Å². The van der Waals surface area contributed by atoms with Crippen molar-refractivity contribution in [1.82, 2.24) is 14.5 Å². The molecule has 25 heavy (non-hydrogen) atoms. The van der Waals surface area contributed by atoms with E-state index in [4.69, 9.17) is 4.74 Å². The van der Waals surface area contributed by atoms with Crippen LogP contribution in [0.3, 0.4) is 0 Å². The number of hydrogen-bond donors (Lipinski definition) is 0. The van der Waals surface area contributed by atoms with E-state index in [1.54, 1.807) is 6.33 Å². The van der Waals surface area contributed by atoms with Crippen molar-refractivity contribution in [2.45, 2.75) is 51.2 Å². The Hall–Kier alpha value is -1.88. The topological polar surface area (TPSA) is 47.4 Å². The van der Waals surface area contributed by atoms with Gasteiger partial charge in [-0.3, -0.25) is 4.79 Å². The number of carbonyl (C=O) groups excluding carboxylic acids is 1. The van der Waals surface area contributed by atoms with Gasteiger partial charge >= 0.3 is 0 Å². The minimum absolute atomic E-state index is 0.114. The number of ether oxygens (including phenoxy) is 1. The van der Waals surface area contributed by atoms with Gasteiger partial charge in [0.05, 0.1) is 29.6 Å². The number of carbonyl (C=O) groups is 1. The van der Waals surface area contributed by atoms with Gasteiger partial charge in [0, 0.05) is 25.7 Å². The molecule has 0 N–H and O–H groups in total. The molecule has 4 rings (SSSR count). The molecule has 2 heterocycles. The van der Waals surface area contributed by atoms with Crippen LogP contribution in [0.2, 0.25) is 0 Å². The SMILES string of the molecule is CCCC[C@@H]1CN(C(=O)c2ccc3c(c2)ncn3C)C[C@H](C2CC2)O1. The van der Waals surface area contributed by atoms with Crippen molar-refractivity contribution in [3.8, 4) is 0 Å². The van der Waals surface area contributed by atoms with E-state index < -0.39 is 0 Å². The lowest BCUT2D eigenvalue weighted by Gasteiger charge is -2.38. The molecule has 2 fully saturated rings. The monoisotopic (exact) mass is 341 g/mol. The Labute approximate surface area is 149 Å². The number of morpholine rings is 1. The molecular weight excluding hydrogens is 314 g/mol. The zero-order valence-electron chi connectivity index (χ0n) is 15.1. The Kier molecular flexibility index (Phi) is 4.50. The predicted molar refractivity (Wildman–Crippen MR) is 97.5 cm³/mol. The summed E-state index contributed by atoms with van der Waals surface area (Å²) in [5.74, 6) is 0.765. The zero-order valence-corrected chi connectivity index (χ0v) is 15.1. The summed E-state index contributed by atoms with van der Waals surface area (Å²) in [6, 6.07) is 5.83. The highest BCUT2D eigenvalue weighted by molar-refractivity contribution is 5.97. The zero-order chi connectivity index (χ0) is 17.4. The van der Waals surface area contributed by atoms with E-state index >= 15 is 0 Å². The first kappa shape index (κ1) is 16.6. The second-order valence-electron chi connectivity index (χ2n) is 7.55. The third-order valence-corrected chi connectivity index (χ3v) is 5.48. The Morgan fingerprint density at radius 3 is 2.92 bits per heavy atom. The van der Waals surface area contributed by atoms with Crippen LogP contribution in [0.15, 0.2) is 24.5 Å². The molecule has 2 atom stereocenters. The lowest BCUT2D eigenvalue weighted by molar-refractivity contribution is -0.0874. The Morgan fingerprint density at radius 1 is 1.32 bits per heavy atom. The molecule has 0 unspecified atom stereocenters. The second kappa shape index (κ2) is 6.79. The first-order valence-corrected chi connectivity index (χ1v) is 9.51. The van der Waals surface area contributed by atoms with E-state index in [9.17, 15) is 4.79 Å². The standard InChI is InChI=1S/C20H27N3O2/c1-3-4-5-16-11-23(12-19(25-16)14-6-7-14)20(24)15-8-9-18-17(10-15)21-13-22(18)2/h8-10,13-14,16,19H,3-7,11-12H2,1-2H3/t16-,19-/m1/s1. The number of aryl methyl sites for hydroxylation is 1. The molecule has 1 aliphatic heterocycles. The van der Waals surface area contributed by atoms with Crippen molar-refractivity contribution >= 4 is 16.9 Å². The van der Waals surface area contributed by atoms with Gasteiger partial charge in [-0.15, -0.1) is 0 Å². The van der Waals surface area contributed by atoms with Gasteiger partial charge in [-0.2, -0.15) is 0 Å². The van der Waals surface area contributed by atoms with Crippen molar-refractivity contribution in [2.24, 2.45) is 13.0 Å². The van der Waals surface area contributed by atoms with Crippen LogP contribution >= 0.6 is 0 Å². The second-order valence-corrected chi connectivity index (χ2v) is 7.55. The molecule has 0 spiro atoms. The molecule has 1 aromatic heterocycles. The number of fused-ring (bicyclic) bond motifs is 1. The van der Waals surface area contributed by atoms with E-state index in [2.05, 4.69) is 11.9 Å². The van der Waals surface area contributed by atoms with Crippen LogP contribution in [0, 0.1) is 5.92 Å². The van der Waals surface area contributed by atoms with E-state index in [0.717, 1.165) is 42.4 Å². The molecule has 0 bridgehead atoms. The fraction of sp³-hybridized carbons (Fsp3) is 0.600. The lowest BCUT2D eigenvalue weighted by Crippen LogP contribution is -2.50. The van der Waals surface area contributed by atoms with Crippen molar-refractivity contribution in [3.05, 3.63) is 30.1 Å². The molecule has 0 radical (unpaired) electrons. The number of unbranched alkanes of at least 4 members (excludes halogenated alkanes) is 1. The molecule has 134 valence electrons. The molecular formula is C20H27N3O2. The summed E-state index contributed by atoms with van der Waals surface area (Å²) >= 11 is 0. The highest BCUT2D eigenvalue weighted by atomic mass is 16.5. The Bertz CT molecular complexity index is 765. The van der Waals surface area contributed by atoms with E-state index in [1.165, 1.54) is 12.8 Å². The van der Waals surface area contributed by atoms with Gasteiger partial charge < -0.3 is 14.2 Å². The average molecular weight is 341 g/mol. The van der Waals surface area contributed by atoms with Crippen LogP contribution in [-0.4, -0.2) is 45.7 Å². The summed E-state index contributed by atoms with van der Waals surface area (Å²) in [6.45, 7) is 3.64. The van der Waals surface area contributed by atoms with Crippen LogP contribution in [-0.2, 0) is 11.8 Å². The maximum atomic E-state index is 13.1. The van der Waals surface area contributed by atoms with Crippen molar-refractivity contribution in [3.63, 3.8) is 0 Å². The molecule has 2 aliphatic rings. The first-order valence-electron chi connectivity index (χ1n) is 9.51. The van der Waals surface area contributed by atoms with E-state index in [0.29, 0.717) is 12.5 Å². The van der Waals surface area contributed by atoms with Crippen molar-refractivity contribution in [2.75, 3.05) is 13.1 Å². The fourth-order valence-corrected chi connectivity index (χ4v) is 3.81. The summed E-state index contributed by atoms with van der Waals surface area (Å²) in [6.07, 6.45) is 8.04. The van der Waals surface area contributed by atoms with Gasteiger partial charge in [0.1, 0.15) is 0 Å². The number of amides is 1. The molecule has 2 aromatic rings. The molecule has 1 aliphatic carbocycles. The van der Waals surface area contributed by atoms with Gasteiger partial charge in [0.15, 0.2) is 0 Å². The number of nitrogens with zero attached hydrogens (tertiary/aromatic N) is 3. The minimum atomic E-state index is 0.114. The van der Waals surface area contributed by atoms with Gasteiger partial charge in [-0.1, -0.05) is 19.8 Å². The largest absolute Gasteiger partial charge is 0.371 e. The molecule has 1 aromatic carbocycles. The molecule has 5 nitrogen and oxygen atoms in total. The highest BCUT2D eigenvalue weighted by Crippen LogP contribution is 2.37. The van der Waals surface area contributed by atoms with E-state index in [1.807, 2.05) is 34.7 Å². The van der Waals surface area contributed by atoms with Gasteiger partial charge in [0.2, 0.25) is 0 Å². The number of benzene rings is 1. The third-order valence-electron chi connectivity index (χ3n) is 5.48. The number of imidazole rings is 1. The maximum absolute atomic E-state index is 13.1. The Morgan fingerprint density at radius 2 is 2.16 bits per heavy atom. The highest BCUT2D eigenvalue weighted by Gasteiger charge is 2.39. The number of aromatic nitrogens is 2. The number of rotatable bonds is 5. The van der Waals surface area contributed by atoms with Crippen LogP contribution in [0.1, 0.15) is 49.4 Å². The lowest BCUT2D eigenvalue weighted by atomic mass is 10.1. The molecule has 5 heteroatoms. The van der Waals surface area contributed by atoms with Gasteiger partial charge in [-0.05, 0) is 43.4 Å². The molecule has 1 amide bonds. The van der Waals surface area contributed by atoms with Crippen LogP contribution < -0.4 is 0 Å². The summed E-state index contributed by atoms with van der Waals surface area (Å²) in [7, 11) is 1.97. The summed E-state index contributed by atoms with van der Waals surface area (Å²) in [4.78, 5) is 19.5.